The molecule has 0 saturated carbocycles. The van der Waals surface area contributed by atoms with E-state index < -0.39 is 0 Å². The van der Waals surface area contributed by atoms with Crippen LogP contribution in [-0.2, 0) is 0 Å². The Morgan fingerprint density at radius 2 is 1.95 bits per heavy atom. The van der Waals surface area contributed by atoms with E-state index in [1.165, 1.54) is 6.42 Å². The minimum absolute atomic E-state index is 0.277. The maximum Gasteiger partial charge on any atom is 0.149 e. The summed E-state index contributed by atoms with van der Waals surface area (Å²) in [6, 6.07) is 0.277. The number of nitrogens with zero attached hydrogens (tertiary/aromatic N) is 4. The first-order chi connectivity index (χ1) is 9.52. The molecule has 0 aliphatic carbocycles. The van der Waals surface area contributed by atoms with Gasteiger partial charge in [0, 0.05) is 24.3 Å². The third kappa shape index (κ3) is 3.27. The predicted molar refractivity (Wildman–Crippen MR) is 83.2 cm³/mol. The Hall–Kier alpha value is -1.20. The van der Waals surface area contributed by atoms with Crippen LogP contribution in [0.5, 0.6) is 0 Å². The summed E-state index contributed by atoms with van der Waals surface area (Å²) in [6.45, 7) is 10.4. The Kier molecular flexibility index (Phi) is 4.94. The summed E-state index contributed by atoms with van der Waals surface area (Å²) in [7, 11) is 4.35. The van der Waals surface area contributed by atoms with Crippen molar-refractivity contribution >= 4 is 5.82 Å². The molecule has 1 aliphatic rings. The molecule has 1 aliphatic heterocycles. The lowest BCUT2D eigenvalue weighted by Crippen LogP contribution is -2.32. The summed E-state index contributed by atoms with van der Waals surface area (Å²) in [5.41, 5.74) is 2.23. The van der Waals surface area contributed by atoms with Crippen LogP contribution >= 0.6 is 0 Å². The van der Waals surface area contributed by atoms with Crippen molar-refractivity contribution in [2.45, 2.75) is 33.2 Å². The fraction of sp³-hybridized carbons (Fsp3) is 0.733. The Bertz CT molecular complexity index is 460. The molecule has 20 heavy (non-hydrogen) atoms. The van der Waals surface area contributed by atoms with Crippen LogP contribution in [0.2, 0.25) is 0 Å². The Morgan fingerprint density at radius 3 is 2.65 bits per heavy atom. The van der Waals surface area contributed by atoms with Gasteiger partial charge in [-0.05, 0) is 54.4 Å². The van der Waals surface area contributed by atoms with Gasteiger partial charge in [0.15, 0.2) is 0 Å². The van der Waals surface area contributed by atoms with E-state index in [-0.39, 0.29) is 6.04 Å². The van der Waals surface area contributed by atoms with E-state index in [9.17, 15) is 0 Å². The summed E-state index contributed by atoms with van der Waals surface area (Å²) < 4.78 is 0. The van der Waals surface area contributed by atoms with E-state index in [1.807, 2.05) is 0 Å². The lowest BCUT2D eigenvalue weighted by Gasteiger charge is -2.27. The Balaban J connectivity index is 2.34. The monoisotopic (exact) mass is 277 g/mol. The maximum absolute atomic E-state index is 4.78. The van der Waals surface area contributed by atoms with E-state index in [4.69, 9.17) is 9.97 Å². The van der Waals surface area contributed by atoms with Gasteiger partial charge in [0.25, 0.3) is 0 Å². The quantitative estimate of drug-likeness (QED) is 0.913. The lowest BCUT2D eigenvalue weighted by atomic mass is 10.2. The van der Waals surface area contributed by atoms with Crippen LogP contribution in [0, 0.1) is 13.8 Å². The standard InChI is InChI=1S/C15H27N5/c1-6-16-14-11(2)12(3)17-15(18-14)13-10-19(4)8-7-9-20(13)5/h13H,6-10H2,1-5H3,(H,16,17,18). The molecule has 0 amide bonds. The topological polar surface area (TPSA) is 44.3 Å². The van der Waals surface area contributed by atoms with Crippen LogP contribution < -0.4 is 5.32 Å². The first kappa shape index (κ1) is 15.2. The van der Waals surface area contributed by atoms with Crippen molar-refractivity contribution in [3.05, 3.63) is 17.1 Å². The van der Waals surface area contributed by atoms with Crippen molar-refractivity contribution in [2.75, 3.05) is 45.6 Å². The number of hydrogen-bond acceptors (Lipinski definition) is 5. The molecular formula is C15H27N5. The molecule has 1 aromatic heterocycles. The second-order valence-corrected chi connectivity index (χ2v) is 5.78. The molecule has 2 heterocycles. The van der Waals surface area contributed by atoms with Gasteiger partial charge in [-0.2, -0.15) is 0 Å². The normalized spacial score (nSPS) is 21.8. The third-order valence-electron chi connectivity index (χ3n) is 4.12. The smallest absolute Gasteiger partial charge is 0.149 e. The van der Waals surface area contributed by atoms with E-state index in [0.717, 1.165) is 49.1 Å². The van der Waals surface area contributed by atoms with Crippen LogP contribution in [0.1, 0.15) is 36.5 Å². The van der Waals surface area contributed by atoms with Gasteiger partial charge in [-0.25, -0.2) is 9.97 Å². The first-order valence-corrected chi connectivity index (χ1v) is 7.50. The van der Waals surface area contributed by atoms with Crippen molar-refractivity contribution in [1.29, 1.82) is 0 Å². The molecule has 1 N–H and O–H groups in total. The highest BCUT2D eigenvalue weighted by atomic mass is 15.2. The number of nitrogens with one attached hydrogen (secondary N) is 1. The zero-order valence-electron chi connectivity index (χ0n) is 13.4. The van der Waals surface area contributed by atoms with Gasteiger partial charge in [0.1, 0.15) is 11.6 Å². The summed E-state index contributed by atoms with van der Waals surface area (Å²) in [4.78, 5) is 14.3. The third-order valence-corrected chi connectivity index (χ3v) is 4.12. The minimum Gasteiger partial charge on any atom is -0.370 e. The first-order valence-electron chi connectivity index (χ1n) is 7.50. The van der Waals surface area contributed by atoms with Gasteiger partial charge in [-0.15, -0.1) is 0 Å². The minimum atomic E-state index is 0.277. The highest BCUT2D eigenvalue weighted by Gasteiger charge is 2.25. The fourth-order valence-corrected chi connectivity index (χ4v) is 2.69. The Morgan fingerprint density at radius 1 is 1.20 bits per heavy atom. The molecule has 5 heteroatoms. The highest BCUT2D eigenvalue weighted by molar-refractivity contribution is 5.45. The van der Waals surface area contributed by atoms with Crippen LogP contribution in [-0.4, -0.2) is 60.0 Å². The van der Waals surface area contributed by atoms with E-state index in [2.05, 4.69) is 50.0 Å². The van der Waals surface area contributed by atoms with E-state index >= 15 is 0 Å². The van der Waals surface area contributed by atoms with Crippen LogP contribution in [0.4, 0.5) is 5.82 Å². The van der Waals surface area contributed by atoms with E-state index in [1.54, 1.807) is 0 Å². The SMILES string of the molecule is CCNc1nc(C2CN(C)CCCN2C)nc(C)c1C. The summed E-state index contributed by atoms with van der Waals surface area (Å²) in [5.74, 6) is 1.93. The highest BCUT2D eigenvalue weighted by Crippen LogP contribution is 2.24. The lowest BCUT2D eigenvalue weighted by molar-refractivity contribution is 0.219. The number of aromatic nitrogens is 2. The van der Waals surface area contributed by atoms with Crippen LogP contribution in [0.25, 0.3) is 0 Å². The van der Waals surface area contributed by atoms with Crippen LogP contribution in [0.15, 0.2) is 0 Å². The number of rotatable bonds is 3. The molecule has 1 unspecified atom stereocenters. The number of aryl methyl sites for hydroxylation is 1. The second kappa shape index (κ2) is 6.50. The zero-order chi connectivity index (χ0) is 14.7. The summed E-state index contributed by atoms with van der Waals surface area (Å²) in [6.07, 6.45) is 1.20. The van der Waals surface area contributed by atoms with Gasteiger partial charge >= 0.3 is 0 Å². The molecule has 1 saturated heterocycles. The van der Waals surface area contributed by atoms with Gasteiger partial charge < -0.3 is 10.2 Å². The van der Waals surface area contributed by atoms with Crippen molar-refractivity contribution in [3.8, 4) is 0 Å². The van der Waals surface area contributed by atoms with Gasteiger partial charge in [-0.1, -0.05) is 0 Å². The summed E-state index contributed by atoms with van der Waals surface area (Å²) in [5, 5.41) is 3.35. The van der Waals surface area contributed by atoms with Crippen molar-refractivity contribution < 1.29 is 0 Å². The predicted octanol–water partition coefficient (Wildman–Crippen LogP) is 1.83. The van der Waals surface area contributed by atoms with Crippen LogP contribution in [0.3, 0.4) is 0 Å². The molecule has 1 atom stereocenters. The fourth-order valence-electron chi connectivity index (χ4n) is 2.69. The van der Waals surface area contributed by atoms with Gasteiger partial charge in [0.05, 0.1) is 6.04 Å². The van der Waals surface area contributed by atoms with Gasteiger partial charge in [0.2, 0.25) is 0 Å². The molecule has 0 spiro atoms. The van der Waals surface area contributed by atoms with Gasteiger partial charge in [-0.3, -0.25) is 4.90 Å². The summed E-state index contributed by atoms with van der Waals surface area (Å²) >= 11 is 0. The van der Waals surface area contributed by atoms with Crippen molar-refractivity contribution in [2.24, 2.45) is 0 Å². The van der Waals surface area contributed by atoms with Crippen molar-refractivity contribution in [3.63, 3.8) is 0 Å². The molecule has 1 aromatic rings. The average Bonchev–Trinajstić information content (AvgIpc) is 2.57. The zero-order valence-corrected chi connectivity index (χ0v) is 13.4. The van der Waals surface area contributed by atoms with E-state index in [0.29, 0.717) is 0 Å². The molecule has 0 aromatic carbocycles. The molecule has 112 valence electrons. The molecule has 0 radical (unpaired) electrons. The molecule has 5 nitrogen and oxygen atoms in total. The Labute approximate surface area is 122 Å². The molecule has 2 rings (SSSR count). The van der Waals surface area contributed by atoms with Crippen molar-refractivity contribution in [1.82, 2.24) is 19.8 Å². The second-order valence-electron chi connectivity index (χ2n) is 5.78. The average molecular weight is 277 g/mol. The number of hydrogen-bond donors (Lipinski definition) is 1. The number of anilines is 1. The largest absolute Gasteiger partial charge is 0.370 e. The molecular weight excluding hydrogens is 250 g/mol. The molecule has 0 bridgehead atoms. The maximum atomic E-state index is 4.78. The number of likely N-dealkylation sites (N-methyl/N-ethyl adjacent to an activating group) is 2. The molecule has 1 fully saturated rings.